The first-order valence-corrected chi connectivity index (χ1v) is 10.7. The maximum Gasteiger partial charge on any atom is 0.214 e. The molecule has 0 heterocycles. The Bertz CT molecular complexity index is 782. The Kier molecular flexibility index (Phi) is 5.60. The van der Waals surface area contributed by atoms with E-state index in [2.05, 4.69) is 41.1 Å². The molecule has 0 saturated heterocycles. The van der Waals surface area contributed by atoms with Gasteiger partial charge in [0.1, 0.15) is 0 Å². The van der Waals surface area contributed by atoms with Crippen molar-refractivity contribution in [3.63, 3.8) is 0 Å². The molecule has 1 aliphatic carbocycles. The van der Waals surface area contributed by atoms with Crippen molar-refractivity contribution in [2.75, 3.05) is 0 Å². The van der Waals surface area contributed by atoms with Crippen LogP contribution in [0.5, 0.6) is 0 Å². The van der Waals surface area contributed by atoms with E-state index in [1.807, 2.05) is 18.2 Å². The molecule has 134 valence electrons. The van der Waals surface area contributed by atoms with Gasteiger partial charge in [-0.25, -0.2) is 13.1 Å². The molecule has 1 fully saturated rings. The standard InChI is InChI=1S/C21H27NO2S/c1-16(2)25(23,24)22-21-11-7-6-10-20(21)19-14-12-18(13-15-19)17-8-4-3-5-9-17/h3-5,8-9,12-16,20-22H,6-7,10-11H2,1-2H3/t20?,21-/m0/s1. The zero-order valence-electron chi connectivity index (χ0n) is 15.0. The average Bonchev–Trinajstić information content (AvgIpc) is 2.63. The molecule has 1 unspecified atom stereocenters. The summed E-state index contributed by atoms with van der Waals surface area (Å²) in [6.07, 6.45) is 4.20. The zero-order valence-corrected chi connectivity index (χ0v) is 15.8. The predicted molar refractivity (Wildman–Crippen MR) is 104 cm³/mol. The molecule has 2 aromatic carbocycles. The lowest BCUT2D eigenvalue weighted by molar-refractivity contribution is 0.360. The molecule has 0 aromatic heterocycles. The van der Waals surface area contributed by atoms with Crippen molar-refractivity contribution in [3.8, 4) is 11.1 Å². The van der Waals surface area contributed by atoms with Gasteiger partial charge in [-0.1, -0.05) is 67.4 Å². The van der Waals surface area contributed by atoms with E-state index in [4.69, 9.17) is 0 Å². The number of nitrogens with one attached hydrogen (secondary N) is 1. The van der Waals surface area contributed by atoms with Crippen molar-refractivity contribution in [2.24, 2.45) is 0 Å². The van der Waals surface area contributed by atoms with E-state index in [1.165, 1.54) is 16.7 Å². The topological polar surface area (TPSA) is 46.2 Å². The minimum Gasteiger partial charge on any atom is -0.212 e. The monoisotopic (exact) mass is 357 g/mol. The van der Waals surface area contributed by atoms with Crippen LogP contribution in [-0.4, -0.2) is 19.7 Å². The molecule has 25 heavy (non-hydrogen) atoms. The first-order chi connectivity index (χ1) is 12.0. The highest BCUT2D eigenvalue weighted by molar-refractivity contribution is 7.90. The minimum atomic E-state index is -3.24. The molecular weight excluding hydrogens is 330 g/mol. The maximum atomic E-state index is 12.3. The summed E-state index contributed by atoms with van der Waals surface area (Å²) in [5.41, 5.74) is 3.63. The van der Waals surface area contributed by atoms with Gasteiger partial charge in [-0.15, -0.1) is 0 Å². The van der Waals surface area contributed by atoms with Gasteiger partial charge < -0.3 is 0 Å². The van der Waals surface area contributed by atoms with Crippen molar-refractivity contribution in [3.05, 3.63) is 60.2 Å². The maximum absolute atomic E-state index is 12.3. The highest BCUT2D eigenvalue weighted by Crippen LogP contribution is 2.34. The van der Waals surface area contributed by atoms with E-state index in [0.29, 0.717) is 0 Å². The van der Waals surface area contributed by atoms with E-state index in [-0.39, 0.29) is 12.0 Å². The predicted octanol–water partition coefficient (Wildman–Crippen LogP) is 4.71. The van der Waals surface area contributed by atoms with Gasteiger partial charge in [-0.2, -0.15) is 0 Å². The minimum absolute atomic E-state index is 0.00345. The third kappa shape index (κ3) is 4.31. The Balaban J connectivity index is 1.81. The molecule has 0 amide bonds. The Labute approximate surface area is 151 Å². The van der Waals surface area contributed by atoms with Crippen LogP contribution in [-0.2, 0) is 10.0 Å². The fourth-order valence-electron chi connectivity index (χ4n) is 3.57. The molecule has 3 nitrogen and oxygen atoms in total. The van der Waals surface area contributed by atoms with Gasteiger partial charge in [-0.05, 0) is 43.4 Å². The average molecular weight is 358 g/mol. The van der Waals surface area contributed by atoms with Gasteiger partial charge in [0.25, 0.3) is 0 Å². The fourth-order valence-corrected chi connectivity index (χ4v) is 4.55. The second kappa shape index (κ2) is 7.71. The van der Waals surface area contributed by atoms with Crippen LogP contribution in [0, 0.1) is 0 Å². The molecule has 0 bridgehead atoms. The van der Waals surface area contributed by atoms with Crippen LogP contribution in [0.4, 0.5) is 0 Å². The molecule has 1 aliphatic rings. The number of sulfonamides is 1. The van der Waals surface area contributed by atoms with E-state index in [1.54, 1.807) is 13.8 Å². The largest absolute Gasteiger partial charge is 0.214 e. The molecule has 0 aliphatic heterocycles. The first-order valence-electron chi connectivity index (χ1n) is 9.14. The number of benzene rings is 2. The summed E-state index contributed by atoms with van der Waals surface area (Å²) < 4.78 is 27.6. The summed E-state index contributed by atoms with van der Waals surface area (Å²) in [5.74, 6) is 0.257. The lowest BCUT2D eigenvalue weighted by atomic mass is 9.80. The second-order valence-electron chi connectivity index (χ2n) is 7.20. The van der Waals surface area contributed by atoms with Crippen molar-refractivity contribution >= 4 is 10.0 Å². The molecule has 0 radical (unpaired) electrons. The third-order valence-corrected chi connectivity index (χ3v) is 7.02. The van der Waals surface area contributed by atoms with Gasteiger partial charge >= 0.3 is 0 Å². The quantitative estimate of drug-likeness (QED) is 0.842. The Morgan fingerprint density at radius 1 is 0.880 bits per heavy atom. The fraction of sp³-hybridized carbons (Fsp3) is 0.429. The molecule has 1 N–H and O–H groups in total. The number of rotatable bonds is 5. The molecule has 2 aromatic rings. The Morgan fingerprint density at radius 2 is 1.48 bits per heavy atom. The molecule has 2 atom stereocenters. The highest BCUT2D eigenvalue weighted by atomic mass is 32.2. The summed E-state index contributed by atoms with van der Waals surface area (Å²) in [6.45, 7) is 3.46. The molecule has 3 rings (SSSR count). The van der Waals surface area contributed by atoms with Gasteiger partial charge in [0.15, 0.2) is 0 Å². The number of hydrogen-bond donors (Lipinski definition) is 1. The smallest absolute Gasteiger partial charge is 0.212 e. The SMILES string of the molecule is CC(C)S(=O)(=O)N[C@H]1CCCCC1c1ccc(-c2ccccc2)cc1. The van der Waals surface area contributed by atoms with Crippen LogP contribution < -0.4 is 4.72 Å². The Hall–Kier alpha value is -1.65. The Morgan fingerprint density at radius 3 is 2.12 bits per heavy atom. The van der Waals surface area contributed by atoms with Crippen LogP contribution >= 0.6 is 0 Å². The highest BCUT2D eigenvalue weighted by Gasteiger charge is 2.30. The van der Waals surface area contributed by atoms with Crippen molar-refractivity contribution in [2.45, 2.75) is 56.7 Å². The van der Waals surface area contributed by atoms with Crippen LogP contribution in [0.2, 0.25) is 0 Å². The lowest BCUT2D eigenvalue weighted by Gasteiger charge is -2.33. The van der Waals surface area contributed by atoms with Crippen LogP contribution in [0.1, 0.15) is 51.0 Å². The molecule has 4 heteroatoms. The van der Waals surface area contributed by atoms with Crippen LogP contribution in [0.25, 0.3) is 11.1 Å². The van der Waals surface area contributed by atoms with Gasteiger partial charge in [0.2, 0.25) is 10.0 Å². The third-order valence-electron chi connectivity index (χ3n) is 5.15. The summed E-state index contributed by atoms with van der Waals surface area (Å²) >= 11 is 0. The molecule has 1 saturated carbocycles. The van der Waals surface area contributed by atoms with E-state index in [9.17, 15) is 8.42 Å². The first kappa shape index (κ1) is 18.2. The summed E-state index contributed by atoms with van der Waals surface area (Å²) in [5, 5.41) is -0.393. The van der Waals surface area contributed by atoms with E-state index >= 15 is 0 Å². The summed E-state index contributed by atoms with van der Waals surface area (Å²) in [7, 11) is -3.24. The van der Waals surface area contributed by atoms with Crippen LogP contribution in [0.15, 0.2) is 54.6 Å². The van der Waals surface area contributed by atoms with Gasteiger partial charge in [0, 0.05) is 12.0 Å². The summed E-state index contributed by atoms with van der Waals surface area (Å²) in [6, 6.07) is 18.9. The van der Waals surface area contributed by atoms with Crippen molar-refractivity contribution in [1.82, 2.24) is 4.72 Å². The normalized spacial score (nSPS) is 21.4. The molecule has 0 spiro atoms. The molecular formula is C21H27NO2S. The van der Waals surface area contributed by atoms with E-state index in [0.717, 1.165) is 25.7 Å². The van der Waals surface area contributed by atoms with Gasteiger partial charge in [-0.3, -0.25) is 0 Å². The summed E-state index contributed by atoms with van der Waals surface area (Å²) in [4.78, 5) is 0. The lowest BCUT2D eigenvalue weighted by Crippen LogP contribution is -2.43. The van der Waals surface area contributed by atoms with Gasteiger partial charge in [0.05, 0.1) is 5.25 Å². The van der Waals surface area contributed by atoms with Crippen molar-refractivity contribution in [1.29, 1.82) is 0 Å². The number of hydrogen-bond acceptors (Lipinski definition) is 2. The van der Waals surface area contributed by atoms with Crippen LogP contribution in [0.3, 0.4) is 0 Å². The van der Waals surface area contributed by atoms with E-state index < -0.39 is 15.3 Å². The second-order valence-corrected chi connectivity index (χ2v) is 9.47. The van der Waals surface area contributed by atoms with Crippen molar-refractivity contribution < 1.29 is 8.42 Å². The zero-order chi connectivity index (χ0) is 17.9.